The van der Waals surface area contributed by atoms with E-state index >= 15 is 0 Å². The minimum atomic E-state index is -8.08. The first kappa shape index (κ1) is 61.7. The summed E-state index contributed by atoms with van der Waals surface area (Å²) in [6.07, 6.45) is -72.0. The highest BCUT2D eigenvalue weighted by atomic mass is 32.2. The van der Waals surface area contributed by atoms with Crippen LogP contribution in [0.15, 0.2) is 0 Å². The van der Waals surface area contributed by atoms with Crippen molar-refractivity contribution in [2.75, 3.05) is 85.5 Å². The molecule has 0 aromatic heterocycles. The van der Waals surface area contributed by atoms with E-state index in [0.29, 0.717) is 6.26 Å². The number of alkyl halides is 27. The molecule has 0 heterocycles. The van der Waals surface area contributed by atoms with Crippen molar-refractivity contribution in [2.24, 2.45) is 5.41 Å². The molecule has 386 valence electrons. The van der Waals surface area contributed by atoms with Gasteiger partial charge in [0.1, 0.15) is 0 Å². The van der Waals surface area contributed by atoms with Crippen LogP contribution in [0, 0.1) is 5.41 Å². The molecule has 0 amide bonds. The number of hydrogen-bond donors (Lipinski definition) is 0. The van der Waals surface area contributed by atoms with Crippen LogP contribution >= 0.6 is 0 Å². The van der Waals surface area contributed by atoms with Gasteiger partial charge in [0.05, 0.1) is 91.0 Å². The Morgan fingerprint density at radius 2 is 0.484 bits per heavy atom. The Hall–Kier alpha value is -2.26. The molecule has 0 aliphatic carbocycles. The van der Waals surface area contributed by atoms with E-state index in [4.69, 9.17) is 9.47 Å². The lowest BCUT2D eigenvalue weighted by molar-refractivity contribution is -0.474. The molecular formula is C26H27F27O10S. The molecule has 64 heavy (non-hydrogen) atoms. The SMILES string of the molecule is CS(=O)(=O)OCCOCCOCCOCCOCC(COC(C(F)(F)F)(C(F)(F)F)C(F)(F)F)(COC(C(F)(F)F)(C(F)(F)F)C(F)(F)F)COC(C(F)(F)F)(C(F)(F)F)C(F)(F)F. The predicted molar refractivity (Wildman–Crippen MR) is 147 cm³/mol. The van der Waals surface area contributed by atoms with Crippen LogP contribution in [-0.2, 0) is 47.5 Å². The van der Waals surface area contributed by atoms with Crippen LogP contribution in [0.3, 0.4) is 0 Å². The lowest BCUT2D eigenvalue weighted by atomic mass is 9.89. The molecule has 0 fully saturated rings. The minimum Gasteiger partial charge on any atom is -0.378 e. The average molecular weight is 1040 g/mol. The van der Waals surface area contributed by atoms with E-state index in [1.54, 1.807) is 0 Å². The van der Waals surface area contributed by atoms with Gasteiger partial charge in [-0.2, -0.15) is 127 Å². The maximum Gasteiger partial charge on any atom is 0.435 e. The van der Waals surface area contributed by atoms with Crippen molar-refractivity contribution in [3.63, 3.8) is 0 Å². The second-order valence-corrected chi connectivity index (χ2v) is 13.9. The highest BCUT2D eigenvalue weighted by Crippen LogP contribution is 2.59. The topological polar surface area (TPSA) is 108 Å². The summed E-state index contributed by atoms with van der Waals surface area (Å²) in [6.45, 7) is -20.7. The van der Waals surface area contributed by atoms with Gasteiger partial charge in [0.15, 0.2) is 0 Å². The van der Waals surface area contributed by atoms with Gasteiger partial charge >= 0.3 is 72.4 Å². The molecule has 0 radical (unpaired) electrons. The Morgan fingerprint density at radius 3 is 0.672 bits per heavy atom. The van der Waals surface area contributed by atoms with Gasteiger partial charge in [-0.1, -0.05) is 0 Å². The first-order valence-corrected chi connectivity index (χ1v) is 17.6. The molecule has 0 spiro atoms. The number of ether oxygens (including phenoxy) is 7. The fourth-order valence-electron chi connectivity index (χ4n) is 4.41. The summed E-state index contributed by atoms with van der Waals surface area (Å²) >= 11 is 0. The zero-order valence-corrected chi connectivity index (χ0v) is 31.5. The van der Waals surface area contributed by atoms with Crippen molar-refractivity contribution in [1.82, 2.24) is 0 Å². The normalized spacial score (nSPS) is 15.6. The summed E-state index contributed by atoms with van der Waals surface area (Å²) < 4.78 is 421. The van der Waals surface area contributed by atoms with Crippen molar-refractivity contribution < 1.29 is 164 Å². The highest BCUT2D eigenvalue weighted by molar-refractivity contribution is 7.85. The van der Waals surface area contributed by atoms with Gasteiger partial charge in [0.2, 0.25) is 0 Å². The summed E-state index contributed by atoms with van der Waals surface area (Å²) in [5, 5.41) is 0. The Kier molecular flexibility index (Phi) is 20.2. The molecule has 0 aromatic carbocycles. The lowest BCUT2D eigenvalue weighted by Gasteiger charge is -2.45. The largest absolute Gasteiger partial charge is 0.435 e. The van der Waals surface area contributed by atoms with Crippen LogP contribution in [0.2, 0.25) is 0 Å². The molecule has 0 bridgehead atoms. The number of hydrogen-bond acceptors (Lipinski definition) is 10. The third-order valence-corrected chi connectivity index (χ3v) is 8.02. The van der Waals surface area contributed by atoms with Gasteiger partial charge < -0.3 is 33.2 Å². The first-order chi connectivity index (χ1) is 28.1. The third-order valence-electron chi connectivity index (χ3n) is 7.43. The van der Waals surface area contributed by atoms with Crippen molar-refractivity contribution >= 4 is 10.1 Å². The summed E-state index contributed by atoms with van der Waals surface area (Å²) in [5.41, 5.74) is -29.0. The molecular weight excluding hydrogens is 1020 g/mol. The Bertz CT molecular complexity index is 1280. The van der Waals surface area contributed by atoms with Crippen molar-refractivity contribution in [2.45, 2.75) is 72.4 Å². The standard InChI is InChI=1S/C26H27F27O10S/c1-64(54,55)63-9-8-58-5-4-56-2-3-57-6-7-59-10-14(11-60-15(18(27,28)29,19(30,31)32)20(33,34)35,12-61-16(21(36,37)38,22(39,40)41)23(42,43)44)13-62-17(24(45,46)47,25(48,49)50)26(51,52)53/h2-13H2,1H3. The molecule has 10 nitrogen and oxygen atoms in total. The van der Waals surface area contributed by atoms with E-state index < -0.39 is 147 Å². The molecule has 0 atom stereocenters. The smallest absolute Gasteiger partial charge is 0.378 e. The summed E-state index contributed by atoms with van der Waals surface area (Å²) in [4.78, 5) is 0. The van der Waals surface area contributed by atoms with Crippen molar-refractivity contribution in [1.29, 1.82) is 0 Å². The van der Waals surface area contributed by atoms with Gasteiger partial charge in [0, 0.05) is 0 Å². The molecule has 0 rings (SSSR count). The van der Waals surface area contributed by atoms with Crippen LogP contribution in [0.25, 0.3) is 0 Å². The summed E-state index contributed by atoms with van der Waals surface area (Å²) in [6, 6.07) is 0. The molecule has 0 N–H and O–H groups in total. The first-order valence-electron chi connectivity index (χ1n) is 15.8. The molecule has 0 aromatic rings. The maximum absolute atomic E-state index is 13.6. The Balaban J connectivity index is 7.46. The second kappa shape index (κ2) is 20.9. The maximum atomic E-state index is 13.6. The van der Waals surface area contributed by atoms with Gasteiger partial charge in [-0.25, -0.2) is 0 Å². The molecule has 38 heteroatoms. The average Bonchev–Trinajstić information content (AvgIpc) is 2.99. The van der Waals surface area contributed by atoms with E-state index in [-0.39, 0.29) is 19.8 Å². The van der Waals surface area contributed by atoms with Gasteiger partial charge in [0.25, 0.3) is 10.1 Å². The molecule has 0 saturated heterocycles. The summed E-state index contributed by atoms with van der Waals surface area (Å²) in [7, 11) is -3.85. The quantitative estimate of drug-likeness (QED) is 0.0532. The molecule has 0 aliphatic rings. The zero-order chi connectivity index (χ0) is 51.1. The van der Waals surface area contributed by atoms with Gasteiger partial charge in [-0.3, -0.25) is 4.18 Å². The van der Waals surface area contributed by atoms with E-state index in [1.165, 1.54) is 0 Å². The Morgan fingerprint density at radius 1 is 0.297 bits per heavy atom. The third kappa shape index (κ3) is 14.6. The summed E-state index contributed by atoms with van der Waals surface area (Å²) in [5.74, 6) is 0. The van der Waals surface area contributed by atoms with Crippen molar-refractivity contribution in [3.05, 3.63) is 0 Å². The van der Waals surface area contributed by atoms with Crippen LogP contribution in [0.1, 0.15) is 0 Å². The monoisotopic (exact) mass is 1040 g/mol. The zero-order valence-electron chi connectivity index (χ0n) is 30.7. The fraction of sp³-hybridized carbons (Fsp3) is 1.00. The van der Waals surface area contributed by atoms with E-state index in [9.17, 15) is 127 Å². The Labute approximate surface area is 338 Å². The molecule has 0 saturated carbocycles. The second-order valence-electron chi connectivity index (χ2n) is 12.3. The van der Waals surface area contributed by atoms with Crippen LogP contribution in [0.5, 0.6) is 0 Å². The number of rotatable bonds is 24. The van der Waals surface area contributed by atoms with Gasteiger partial charge in [-0.05, 0) is 0 Å². The van der Waals surface area contributed by atoms with Crippen LogP contribution in [-0.4, -0.2) is 166 Å². The molecule has 0 unspecified atom stereocenters. The van der Waals surface area contributed by atoms with Crippen LogP contribution in [0.4, 0.5) is 119 Å². The lowest BCUT2D eigenvalue weighted by Crippen LogP contribution is -2.71. The fourth-order valence-corrected chi connectivity index (χ4v) is 4.78. The van der Waals surface area contributed by atoms with Crippen molar-refractivity contribution in [3.8, 4) is 0 Å². The predicted octanol–water partition coefficient (Wildman–Crippen LogP) is 8.34. The highest BCUT2D eigenvalue weighted by Gasteiger charge is 2.88. The van der Waals surface area contributed by atoms with Gasteiger partial charge in [-0.15, -0.1) is 0 Å². The van der Waals surface area contributed by atoms with E-state index in [1.807, 2.05) is 0 Å². The molecule has 0 aliphatic heterocycles. The number of halogens is 27. The minimum absolute atomic E-state index is 0.306. The van der Waals surface area contributed by atoms with E-state index in [2.05, 4.69) is 27.9 Å². The van der Waals surface area contributed by atoms with E-state index in [0.717, 1.165) is 0 Å². The van der Waals surface area contributed by atoms with Crippen LogP contribution < -0.4 is 0 Å².